The van der Waals surface area contributed by atoms with Gasteiger partial charge in [-0.3, -0.25) is 4.99 Å². The van der Waals surface area contributed by atoms with Gasteiger partial charge in [-0.05, 0) is 44.4 Å². The zero-order valence-electron chi connectivity index (χ0n) is 14.0. The summed E-state index contributed by atoms with van der Waals surface area (Å²) in [7, 11) is 0. The lowest BCUT2D eigenvalue weighted by atomic mass is 9.68. The molecule has 1 aliphatic heterocycles. The van der Waals surface area contributed by atoms with Crippen LogP contribution in [-0.4, -0.2) is 50.3 Å². The van der Waals surface area contributed by atoms with E-state index in [1.165, 1.54) is 51.6 Å². The van der Waals surface area contributed by atoms with Gasteiger partial charge in [0.2, 0.25) is 0 Å². The number of unbranched alkanes of at least 4 members (excludes halogenated alkanes) is 1. The summed E-state index contributed by atoms with van der Waals surface area (Å²) in [6, 6.07) is 0. The summed E-state index contributed by atoms with van der Waals surface area (Å²) in [5.41, 5.74) is 0.638. The summed E-state index contributed by atoms with van der Waals surface area (Å²) in [5.74, 6) is 1.12. The smallest absolute Gasteiger partial charge is 0.193 e. The number of guanidine groups is 1. The van der Waals surface area contributed by atoms with Gasteiger partial charge >= 0.3 is 0 Å². The molecule has 1 heterocycles. The van der Waals surface area contributed by atoms with Gasteiger partial charge in [-0.1, -0.05) is 19.8 Å². The van der Waals surface area contributed by atoms with E-state index in [-0.39, 0.29) is 0 Å². The van der Waals surface area contributed by atoms with Crippen LogP contribution >= 0.6 is 0 Å². The second-order valence-electron chi connectivity index (χ2n) is 6.58. The number of nitrogens with one attached hydrogen (secondary N) is 1. The first-order valence-electron chi connectivity index (χ1n) is 8.91. The van der Waals surface area contributed by atoms with Crippen molar-refractivity contribution < 1.29 is 4.74 Å². The highest BCUT2D eigenvalue weighted by Crippen LogP contribution is 2.47. The van der Waals surface area contributed by atoms with Crippen LogP contribution in [0.25, 0.3) is 0 Å². The summed E-state index contributed by atoms with van der Waals surface area (Å²) in [4.78, 5) is 7.26. The molecule has 0 aromatic rings. The maximum absolute atomic E-state index is 5.60. The fourth-order valence-electron chi connectivity index (χ4n) is 3.33. The standard InChI is InChI=1S/C17H33N3O/c1-3-5-13-21-14-7-11-19-16(18-4-2)20-12-10-17(15-20)8-6-9-17/h3-15H2,1-2H3,(H,18,19). The Kier molecular flexibility index (Phi) is 6.81. The lowest BCUT2D eigenvalue weighted by Gasteiger charge is -2.38. The Labute approximate surface area is 130 Å². The number of nitrogens with zero attached hydrogens (tertiary/aromatic N) is 2. The minimum Gasteiger partial charge on any atom is -0.381 e. The van der Waals surface area contributed by atoms with Gasteiger partial charge in [0.1, 0.15) is 0 Å². The van der Waals surface area contributed by atoms with E-state index in [0.29, 0.717) is 5.41 Å². The number of likely N-dealkylation sites (tertiary alicyclic amines) is 1. The molecule has 1 aliphatic carbocycles. The van der Waals surface area contributed by atoms with E-state index < -0.39 is 0 Å². The molecule has 1 saturated carbocycles. The third-order valence-electron chi connectivity index (χ3n) is 4.84. The molecule has 1 spiro atoms. The highest BCUT2D eigenvalue weighted by atomic mass is 16.5. The van der Waals surface area contributed by atoms with Crippen molar-refractivity contribution in [2.45, 2.75) is 58.8 Å². The summed E-state index contributed by atoms with van der Waals surface area (Å²) in [6.07, 6.45) is 9.04. The Balaban J connectivity index is 1.69. The van der Waals surface area contributed by atoms with Crippen molar-refractivity contribution in [1.82, 2.24) is 10.2 Å². The first kappa shape index (κ1) is 16.6. The highest BCUT2D eigenvalue weighted by molar-refractivity contribution is 5.80. The Morgan fingerprint density at radius 2 is 2.00 bits per heavy atom. The van der Waals surface area contributed by atoms with Crippen molar-refractivity contribution in [2.75, 3.05) is 39.4 Å². The quantitative estimate of drug-likeness (QED) is 0.425. The SMILES string of the molecule is CCCCOCCCN=C(NCC)N1CCC2(CCC2)C1. The Bertz CT molecular complexity index is 326. The molecule has 4 nitrogen and oxygen atoms in total. The number of rotatable bonds is 8. The fourth-order valence-corrected chi connectivity index (χ4v) is 3.33. The highest BCUT2D eigenvalue weighted by Gasteiger charge is 2.43. The monoisotopic (exact) mass is 295 g/mol. The van der Waals surface area contributed by atoms with Crippen molar-refractivity contribution in [1.29, 1.82) is 0 Å². The van der Waals surface area contributed by atoms with Gasteiger partial charge in [-0.25, -0.2) is 0 Å². The molecule has 21 heavy (non-hydrogen) atoms. The lowest BCUT2D eigenvalue weighted by molar-refractivity contribution is 0.130. The predicted molar refractivity (Wildman–Crippen MR) is 88.8 cm³/mol. The van der Waals surface area contributed by atoms with Gasteiger partial charge < -0.3 is 15.0 Å². The largest absolute Gasteiger partial charge is 0.381 e. The lowest BCUT2D eigenvalue weighted by Crippen LogP contribution is -2.42. The molecule has 4 heteroatoms. The zero-order chi connectivity index (χ0) is 15.0. The molecule has 0 amide bonds. The zero-order valence-corrected chi connectivity index (χ0v) is 14.0. The van der Waals surface area contributed by atoms with E-state index in [0.717, 1.165) is 38.7 Å². The van der Waals surface area contributed by atoms with Crippen LogP contribution in [0.15, 0.2) is 4.99 Å². The minimum atomic E-state index is 0.638. The summed E-state index contributed by atoms with van der Waals surface area (Å²) in [5, 5.41) is 3.46. The summed E-state index contributed by atoms with van der Waals surface area (Å²) < 4.78 is 5.60. The average molecular weight is 295 g/mol. The van der Waals surface area contributed by atoms with Crippen molar-refractivity contribution >= 4 is 5.96 Å². The van der Waals surface area contributed by atoms with Crippen LogP contribution in [0.5, 0.6) is 0 Å². The number of aliphatic imine (C=N–C) groups is 1. The molecule has 1 saturated heterocycles. The van der Waals surface area contributed by atoms with E-state index >= 15 is 0 Å². The molecule has 2 rings (SSSR count). The minimum absolute atomic E-state index is 0.638. The Morgan fingerprint density at radius 3 is 2.62 bits per heavy atom. The topological polar surface area (TPSA) is 36.9 Å². The maximum Gasteiger partial charge on any atom is 0.193 e. The van der Waals surface area contributed by atoms with E-state index in [2.05, 4.69) is 24.1 Å². The Morgan fingerprint density at radius 1 is 1.19 bits per heavy atom. The second kappa shape index (κ2) is 8.62. The first-order valence-corrected chi connectivity index (χ1v) is 8.91. The molecule has 0 aromatic carbocycles. The third-order valence-corrected chi connectivity index (χ3v) is 4.84. The molecule has 0 bridgehead atoms. The van der Waals surface area contributed by atoms with Crippen LogP contribution in [0.3, 0.4) is 0 Å². The number of hydrogen-bond donors (Lipinski definition) is 1. The molecule has 0 unspecified atom stereocenters. The van der Waals surface area contributed by atoms with Gasteiger partial charge in [0.05, 0.1) is 0 Å². The summed E-state index contributed by atoms with van der Waals surface area (Å²) in [6.45, 7) is 10.3. The van der Waals surface area contributed by atoms with Crippen molar-refractivity contribution in [2.24, 2.45) is 10.4 Å². The van der Waals surface area contributed by atoms with E-state index in [1.807, 2.05) is 0 Å². The molecule has 1 N–H and O–H groups in total. The third kappa shape index (κ3) is 4.87. The van der Waals surface area contributed by atoms with Crippen molar-refractivity contribution in [3.63, 3.8) is 0 Å². The number of ether oxygens (including phenoxy) is 1. The second-order valence-corrected chi connectivity index (χ2v) is 6.58. The van der Waals surface area contributed by atoms with Crippen LogP contribution < -0.4 is 5.32 Å². The van der Waals surface area contributed by atoms with Gasteiger partial charge in [-0.15, -0.1) is 0 Å². The van der Waals surface area contributed by atoms with Crippen LogP contribution in [0.1, 0.15) is 58.8 Å². The fraction of sp³-hybridized carbons (Fsp3) is 0.941. The summed E-state index contributed by atoms with van der Waals surface area (Å²) >= 11 is 0. The maximum atomic E-state index is 5.60. The van der Waals surface area contributed by atoms with Gasteiger partial charge in [0, 0.05) is 39.4 Å². The molecular weight excluding hydrogens is 262 g/mol. The molecule has 0 radical (unpaired) electrons. The normalized spacial score (nSPS) is 20.9. The molecular formula is C17H33N3O. The van der Waals surface area contributed by atoms with Crippen LogP contribution in [-0.2, 0) is 4.74 Å². The van der Waals surface area contributed by atoms with E-state index in [4.69, 9.17) is 9.73 Å². The molecule has 0 atom stereocenters. The van der Waals surface area contributed by atoms with Gasteiger partial charge in [0.15, 0.2) is 5.96 Å². The first-order chi connectivity index (χ1) is 10.3. The van der Waals surface area contributed by atoms with Crippen molar-refractivity contribution in [3.8, 4) is 0 Å². The molecule has 2 aliphatic rings. The average Bonchev–Trinajstić information content (AvgIpc) is 2.91. The van der Waals surface area contributed by atoms with Crippen LogP contribution in [0.4, 0.5) is 0 Å². The van der Waals surface area contributed by atoms with Crippen LogP contribution in [0.2, 0.25) is 0 Å². The van der Waals surface area contributed by atoms with Gasteiger partial charge in [-0.2, -0.15) is 0 Å². The Hall–Kier alpha value is -0.770. The van der Waals surface area contributed by atoms with Crippen molar-refractivity contribution in [3.05, 3.63) is 0 Å². The molecule has 122 valence electrons. The van der Waals surface area contributed by atoms with Crippen LogP contribution in [0, 0.1) is 5.41 Å². The molecule has 2 fully saturated rings. The predicted octanol–water partition coefficient (Wildman–Crippen LogP) is 3.03. The van der Waals surface area contributed by atoms with Gasteiger partial charge in [0.25, 0.3) is 0 Å². The van der Waals surface area contributed by atoms with E-state index in [9.17, 15) is 0 Å². The van der Waals surface area contributed by atoms with E-state index in [1.54, 1.807) is 0 Å². The number of hydrogen-bond acceptors (Lipinski definition) is 2. The molecule has 0 aromatic heterocycles.